The normalized spacial score (nSPS) is 11.9. The van der Waals surface area contributed by atoms with Crippen LogP contribution in [-0.4, -0.2) is 8.54 Å². The lowest BCUT2D eigenvalue weighted by Gasteiger charge is -1.70. The molecule has 0 aromatic carbocycles. The standard InChI is InChI=1S/CN2O3S/c2-1-7(6)3(4)5. The van der Waals surface area contributed by atoms with Crippen LogP contribution >= 0.6 is 0 Å². The molecule has 0 heterocycles. The number of thiocyanates is 1. The lowest BCUT2D eigenvalue weighted by Crippen LogP contribution is -1.98. The third-order valence-electron chi connectivity index (χ3n) is 0.213. The first-order chi connectivity index (χ1) is 3.18. The third kappa shape index (κ3) is 1.83. The van der Waals surface area contributed by atoms with Crippen molar-refractivity contribution in [1.82, 2.24) is 0 Å². The van der Waals surface area contributed by atoms with E-state index in [1.165, 1.54) is 0 Å². The predicted octanol–water partition coefficient (Wildman–Crippen LogP) is -0.592. The van der Waals surface area contributed by atoms with Crippen LogP contribution in [0.5, 0.6) is 0 Å². The molecule has 0 aliphatic heterocycles. The molecule has 0 rings (SSSR count). The summed E-state index contributed by atoms with van der Waals surface area (Å²) in [6.07, 6.45) is 0. The number of nitrogens with zero attached hydrogens (tertiary/aromatic N) is 2. The molecule has 0 fully saturated rings. The first kappa shape index (κ1) is 6.04. The minimum absolute atomic E-state index is 0.938. The van der Waals surface area contributed by atoms with Gasteiger partial charge in [-0.2, -0.15) is 9.47 Å². The first-order valence-corrected chi connectivity index (χ1v) is 2.25. The van der Waals surface area contributed by atoms with Crippen molar-refractivity contribution >= 4 is 11.0 Å². The molecule has 0 N–H and O–H groups in total. The highest BCUT2D eigenvalue weighted by molar-refractivity contribution is 7.83. The van der Waals surface area contributed by atoms with Crippen LogP contribution in [0, 0.1) is 20.8 Å². The minimum atomic E-state index is -2.55. The predicted molar refractivity (Wildman–Crippen MR) is 20.7 cm³/mol. The quantitative estimate of drug-likeness (QED) is 0.263. The first-order valence-electron chi connectivity index (χ1n) is 1.14. The summed E-state index contributed by atoms with van der Waals surface area (Å²) in [6, 6.07) is 0. The molecule has 0 saturated heterocycles. The summed E-state index contributed by atoms with van der Waals surface area (Å²) >= 11 is 0. The fourth-order valence-electron chi connectivity index (χ4n) is 0.0333. The lowest BCUT2D eigenvalue weighted by molar-refractivity contribution is -0.293. The van der Waals surface area contributed by atoms with Gasteiger partial charge in [-0.15, -0.1) is 0 Å². The molecule has 5 nitrogen and oxygen atoms in total. The van der Waals surface area contributed by atoms with Gasteiger partial charge in [-0.05, 0) is 0 Å². The number of hydrogen-bond donors (Lipinski definition) is 0. The molecule has 6 heteroatoms. The highest BCUT2D eigenvalue weighted by atomic mass is 32.2. The molecular formula is CN2O3S. The van der Waals surface area contributed by atoms with E-state index in [2.05, 4.69) is 0 Å². The zero-order valence-corrected chi connectivity index (χ0v) is 3.84. The molecule has 38 valence electrons. The Balaban J connectivity index is 3.90. The van der Waals surface area contributed by atoms with Crippen molar-refractivity contribution in [2.45, 2.75) is 0 Å². The number of hydrogen-bond acceptors (Lipinski definition) is 4. The summed E-state index contributed by atoms with van der Waals surface area (Å²) < 4.78 is 8.40. The van der Waals surface area contributed by atoms with Gasteiger partial charge in [0.25, 0.3) is 0 Å². The summed E-state index contributed by atoms with van der Waals surface area (Å²) in [5.41, 5.74) is 0. The fraction of sp³-hybridized carbons (Fsp3) is 0. The molecule has 0 aromatic rings. The van der Waals surface area contributed by atoms with Crippen LogP contribution in [0.2, 0.25) is 0 Å². The average Bonchev–Trinajstić information content (AvgIpc) is 1.65. The van der Waals surface area contributed by atoms with Crippen LogP contribution in [0.4, 0.5) is 0 Å². The van der Waals surface area contributed by atoms with E-state index in [9.17, 15) is 14.3 Å². The van der Waals surface area contributed by atoms with E-state index < -0.39 is 15.3 Å². The molecule has 1 unspecified atom stereocenters. The second kappa shape index (κ2) is 2.25. The van der Waals surface area contributed by atoms with Gasteiger partial charge >= 0.3 is 11.0 Å². The monoisotopic (exact) mass is 120 g/mol. The number of nitriles is 1. The maximum absolute atomic E-state index is 9.56. The van der Waals surface area contributed by atoms with Gasteiger partial charge in [0.2, 0.25) is 5.40 Å². The van der Waals surface area contributed by atoms with E-state index in [0.717, 1.165) is 5.40 Å². The van der Waals surface area contributed by atoms with Gasteiger partial charge in [0, 0.05) is 0 Å². The third-order valence-corrected chi connectivity index (χ3v) is 0.640. The van der Waals surface area contributed by atoms with Crippen LogP contribution in [-0.2, 0) is 11.0 Å². The van der Waals surface area contributed by atoms with Crippen molar-refractivity contribution in [2.75, 3.05) is 0 Å². The molecule has 0 radical (unpaired) electrons. The summed E-state index contributed by atoms with van der Waals surface area (Å²) in [4.78, 5) is 9.21. The second-order valence-electron chi connectivity index (χ2n) is 0.564. The molecule has 0 saturated carbocycles. The van der Waals surface area contributed by atoms with Crippen molar-refractivity contribution in [3.05, 3.63) is 10.1 Å². The molecule has 0 aromatic heterocycles. The van der Waals surface area contributed by atoms with E-state index in [-0.39, 0.29) is 0 Å². The van der Waals surface area contributed by atoms with Crippen molar-refractivity contribution in [2.24, 2.45) is 0 Å². The Morgan fingerprint density at radius 2 is 2.29 bits per heavy atom. The lowest BCUT2D eigenvalue weighted by atomic mass is 11.8. The molecule has 0 spiro atoms. The number of rotatable bonds is 1. The zero-order valence-electron chi connectivity index (χ0n) is 3.03. The molecule has 0 bridgehead atoms. The Morgan fingerprint density at radius 3 is 2.29 bits per heavy atom. The zero-order chi connectivity index (χ0) is 5.86. The van der Waals surface area contributed by atoms with Crippen LogP contribution in [0.1, 0.15) is 0 Å². The molecule has 0 aliphatic rings. The largest absolute Gasteiger partial charge is 0.449 e. The van der Waals surface area contributed by atoms with E-state index in [4.69, 9.17) is 5.26 Å². The number of nitro groups is 1. The van der Waals surface area contributed by atoms with Crippen LogP contribution in [0.3, 0.4) is 0 Å². The highest BCUT2D eigenvalue weighted by Gasteiger charge is 2.06. The fourth-order valence-corrected chi connectivity index (χ4v) is 0.100. The SMILES string of the molecule is N#CS(=O)[N+](=O)[O-]. The Labute approximate surface area is 41.3 Å². The van der Waals surface area contributed by atoms with Crippen LogP contribution in [0.15, 0.2) is 0 Å². The van der Waals surface area contributed by atoms with E-state index in [1.54, 1.807) is 0 Å². The van der Waals surface area contributed by atoms with Gasteiger partial charge in [-0.25, -0.2) is 10.1 Å². The van der Waals surface area contributed by atoms with Gasteiger partial charge < -0.3 is 0 Å². The minimum Gasteiger partial charge on any atom is -0.248 e. The maximum atomic E-state index is 9.56. The summed E-state index contributed by atoms with van der Waals surface area (Å²) in [6.45, 7) is 0. The van der Waals surface area contributed by atoms with Crippen molar-refractivity contribution in [3.8, 4) is 5.40 Å². The van der Waals surface area contributed by atoms with E-state index >= 15 is 0 Å². The maximum Gasteiger partial charge on any atom is 0.449 e. The van der Waals surface area contributed by atoms with Gasteiger partial charge in [0.05, 0.1) is 0 Å². The van der Waals surface area contributed by atoms with Gasteiger partial charge in [0.1, 0.15) is 4.33 Å². The molecule has 0 amide bonds. The summed E-state index contributed by atoms with van der Waals surface area (Å²) in [5.74, 6) is 0. The Bertz CT molecular complexity index is 146. The summed E-state index contributed by atoms with van der Waals surface area (Å²) in [5, 5.41) is 17.7. The van der Waals surface area contributed by atoms with Crippen LogP contribution < -0.4 is 0 Å². The molecule has 0 aliphatic carbocycles. The Morgan fingerprint density at radius 1 is 1.86 bits per heavy atom. The van der Waals surface area contributed by atoms with Gasteiger partial charge in [-0.1, -0.05) is 0 Å². The van der Waals surface area contributed by atoms with Crippen molar-refractivity contribution in [3.63, 3.8) is 0 Å². The Kier molecular flexibility index (Phi) is 1.95. The van der Waals surface area contributed by atoms with E-state index in [0.29, 0.717) is 0 Å². The molecular weight excluding hydrogens is 120 g/mol. The smallest absolute Gasteiger partial charge is 0.248 e. The Hall–Kier alpha value is -0.960. The topological polar surface area (TPSA) is 84.0 Å². The van der Waals surface area contributed by atoms with Crippen LogP contribution in [0.25, 0.3) is 0 Å². The highest BCUT2D eigenvalue weighted by Crippen LogP contribution is 1.73. The van der Waals surface area contributed by atoms with Crippen molar-refractivity contribution in [1.29, 1.82) is 5.26 Å². The van der Waals surface area contributed by atoms with Crippen molar-refractivity contribution < 1.29 is 8.54 Å². The molecule has 1 atom stereocenters. The average molecular weight is 120 g/mol. The summed E-state index contributed by atoms with van der Waals surface area (Å²) in [7, 11) is -2.55. The second-order valence-corrected chi connectivity index (χ2v) is 1.54. The molecule has 7 heavy (non-hydrogen) atoms. The van der Waals surface area contributed by atoms with Gasteiger partial charge in [-0.3, -0.25) is 0 Å². The van der Waals surface area contributed by atoms with E-state index in [1.807, 2.05) is 0 Å². The van der Waals surface area contributed by atoms with Gasteiger partial charge in [0.15, 0.2) is 0 Å².